The molecule has 0 saturated heterocycles. The van der Waals surface area contributed by atoms with Gasteiger partial charge in [0, 0.05) is 21.5 Å². The largest absolute Gasteiger partial charge is 0.494 e. The Labute approximate surface area is 201 Å². The quantitative estimate of drug-likeness (QED) is 0.242. The molecule has 0 atom stereocenters. The lowest BCUT2D eigenvalue weighted by atomic mass is 10.2. The van der Waals surface area contributed by atoms with Crippen LogP contribution >= 0.6 is 35.0 Å². The number of halogens is 2. The van der Waals surface area contributed by atoms with Gasteiger partial charge in [0.05, 0.1) is 6.61 Å². The monoisotopic (exact) mass is 485 g/mol. The van der Waals surface area contributed by atoms with E-state index in [4.69, 9.17) is 32.7 Å². The second kappa shape index (κ2) is 10.8. The van der Waals surface area contributed by atoms with Gasteiger partial charge in [-0.3, -0.25) is 4.57 Å². The third-order valence-electron chi connectivity index (χ3n) is 4.62. The van der Waals surface area contributed by atoms with Crippen molar-refractivity contribution in [1.29, 1.82) is 0 Å². The molecule has 0 aliphatic heterocycles. The highest BCUT2D eigenvalue weighted by Gasteiger charge is 2.17. The first kappa shape index (κ1) is 22.5. The van der Waals surface area contributed by atoms with E-state index in [0.29, 0.717) is 28.2 Å². The number of ether oxygens (including phenoxy) is 2. The number of nitrogens with zero attached hydrogens (tertiary/aromatic N) is 3. The Balaban J connectivity index is 1.62. The van der Waals surface area contributed by atoms with E-state index in [2.05, 4.69) is 10.2 Å². The van der Waals surface area contributed by atoms with Crippen molar-refractivity contribution in [1.82, 2.24) is 14.8 Å². The van der Waals surface area contributed by atoms with Gasteiger partial charge in [-0.25, -0.2) is 0 Å². The second-order valence-electron chi connectivity index (χ2n) is 6.75. The molecule has 0 radical (unpaired) electrons. The molecule has 3 aromatic carbocycles. The molecule has 32 heavy (non-hydrogen) atoms. The third-order valence-corrected chi connectivity index (χ3v) is 6.29. The summed E-state index contributed by atoms with van der Waals surface area (Å²) in [6, 6.07) is 22.9. The number of rotatable bonds is 9. The van der Waals surface area contributed by atoms with Crippen LogP contribution in [-0.2, 0) is 12.4 Å². The Bertz CT molecular complexity index is 1150. The summed E-state index contributed by atoms with van der Waals surface area (Å²) in [5, 5.41) is 10.8. The van der Waals surface area contributed by atoms with E-state index < -0.39 is 0 Å². The molecular formula is C24H21Cl2N3O2S. The third kappa shape index (κ3) is 5.38. The van der Waals surface area contributed by atoms with Crippen molar-refractivity contribution in [2.75, 3.05) is 6.61 Å². The Kier molecular flexibility index (Phi) is 7.58. The van der Waals surface area contributed by atoms with Crippen molar-refractivity contribution in [2.24, 2.45) is 0 Å². The summed E-state index contributed by atoms with van der Waals surface area (Å²) in [6.07, 6.45) is 0. The second-order valence-corrected chi connectivity index (χ2v) is 8.51. The molecule has 4 rings (SSSR count). The van der Waals surface area contributed by atoms with E-state index in [1.807, 2.05) is 84.3 Å². The smallest absolute Gasteiger partial charge is 0.196 e. The molecule has 5 nitrogen and oxygen atoms in total. The molecule has 0 bridgehead atoms. The molecule has 8 heteroatoms. The summed E-state index contributed by atoms with van der Waals surface area (Å²) in [6.45, 7) is 2.85. The van der Waals surface area contributed by atoms with Gasteiger partial charge in [0.15, 0.2) is 11.0 Å². The highest BCUT2D eigenvalue weighted by Crippen LogP contribution is 2.32. The normalized spacial score (nSPS) is 10.8. The predicted molar refractivity (Wildman–Crippen MR) is 129 cm³/mol. The predicted octanol–water partition coefficient (Wildman–Crippen LogP) is 6.84. The first-order chi connectivity index (χ1) is 15.7. The zero-order chi connectivity index (χ0) is 22.3. The van der Waals surface area contributed by atoms with Crippen molar-refractivity contribution >= 4 is 35.0 Å². The van der Waals surface area contributed by atoms with Crippen LogP contribution in [-0.4, -0.2) is 21.4 Å². The van der Waals surface area contributed by atoms with Crippen LogP contribution in [0, 0.1) is 0 Å². The van der Waals surface area contributed by atoms with Gasteiger partial charge in [0.2, 0.25) is 0 Å². The fourth-order valence-electron chi connectivity index (χ4n) is 3.08. The van der Waals surface area contributed by atoms with Gasteiger partial charge in [-0.2, -0.15) is 0 Å². The zero-order valence-electron chi connectivity index (χ0n) is 17.4. The number of thioether (sulfide) groups is 1. The van der Waals surface area contributed by atoms with Gasteiger partial charge < -0.3 is 9.47 Å². The molecule has 0 aliphatic rings. The van der Waals surface area contributed by atoms with E-state index in [1.54, 1.807) is 0 Å². The summed E-state index contributed by atoms with van der Waals surface area (Å²) < 4.78 is 13.5. The molecule has 0 spiro atoms. The fraction of sp³-hybridized carbons (Fsp3) is 0.167. The molecule has 164 valence electrons. The van der Waals surface area contributed by atoms with Crippen molar-refractivity contribution in [2.45, 2.75) is 24.4 Å². The molecule has 0 unspecified atom stereocenters. The lowest BCUT2D eigenvalue weighted by Gasteiger charge is -2.12. The van der Waals surface area contributed by atoms with Crippen molar-refractivity contribution < 1.29 is 9.47 Å². The van der Waals surface area contributed by atoms with Crippen molar-refractivity contribution in [3.8, 4) is 17.2 Å². The van der Waals surface area contributed by atoms with E-state index in [-0.39, 0.29) is 6.61 Å². The number of benzene rings is 3. The van der Waals surface area contributed by atoms with Crippen LogP contribution in [0.2, 0.25) is 10.0 Å². The molecule has 0 fully saturated rings. The molecule has 0 aliphatic carbocycles. The van der Waals surface area contributed by atoms with E-state index in [1.165, 1.54) is 11.8 Å². The van der Waals surface area contributed by atoms with Crippen LogP contribution in [0.1, 0.15) is 18.3 Å². The average molecular weight is 486 g/mol. The van der Waals surface area contributed by atoms with Gasteiger partial charge in [-0.15, -0.1) is 10.2 Å². The number of aromatic nitrogens is 3. The first-order valence-electron chi connectivity index (χ1n) is 10.1. The fourth-order valence-corrected chi connectivity index (χ4v) is 4.79. The molecule has 0 amide bonds. The van der Waals surface area contributed by atoms with E-state index in [9.17, 15) is 0 Å². The SMILES string of the molecule is CCOc1ccc(-n2c(COc3ccccc3)nnc2SCc2c(Cl)cccc2Cl)cc1. The van der Waals surface area contributed by atoms with Crippen LogP contribution in [0.25, 0.3) is 5.69 Å². The Morgan fingerprint density at radius 3 is 2.19 bits per heavy atom. The molecule has 0 saturated carbocycles. The van der Waals surface area contributed by atoms with Gasteiger partial charge in [-0.05, 0) is 61.0 Å². The van der Waals surface area contributed by atoms with E-state index in [0.717, 1.165) is 27.9 Å². The lowest BCUT2D eigenvalue weighted by molar-refractivity contribution is 0.293. The maximum absolute atomic E-state index is 6.35. The minimum atomic E-state index is 0.275. The number of para-hydroxylation sites is 1. The van der Waals surface area contributed by atoms with Gasteiger partial charge in [0.1, 0.15) is 18.1 Å². The molecule has 0 N–H and O–H groups in total. The van der Waals surface area contributed by atoms with Crippen molar-refractivity contribution in [3.63, 3.8) is 0 Å². The lowest BCUT2D eigenvalue weighted by Crippen LogP contribution is -2.07. The van der Waals surface area contributed by atoms with E-state index >= 15 is 0 Å². The van der Waals surface area contributed by atoms with Crippen LogP contribution in [0.15, 0.2) is 78.0 Å². The molecule has 4 aromatic rings. The highest BCUT2D eigenvalue weighted by molar-refractivity contribution is 7.98. The van der Waals surface area contributed by atoms with Crippen LogP contribution in [0.3, 0.4) is 0 Å². The van der Waals surface area contributed by atoms with Gasteiger partial charge in [0.25, 0.3) is 0 Å². The topological polar surface area (TPSA) is 49.2 Å². The molecule has 1 heterocycles. The Morgan fingerprint density at radius 2 is 1.50 bits per heavy atom. The van der Waals surface area contributed by atoms with Crippen LogP contribution in [0.4, 0.5) is 0 Å². The number of hydrogen-bond donors (Lipinski definition) is 0. The summed E-state index contributed by atoms with van der Waals surface area (Å²) in [7, 11) is 0. The Morgan fingerprint density at radius 1 is 0.812 bits per heavy atom. The maximum Gasteiger partial charge on any atom is 0.196 e. The highest BCUT2D eigenvalue weighted by atomic mass is 35.5. The first-order valence-corrected chi connectivity index (χ1v) is 11.8. The van der Waals surface area contributed by atoms with Crippen molar-refractivity contribution in [3.05, 3.63) is 94.2 Å². The summed E-state index contributed by atoms with van der Waals surface area (Å²) in [4.78, 5) is 0. The summed E-state index contributed by atoms with van der Waals surface area (Å²) in [5.41, 5.74) is 1.78. The van der Waals surface area contributed by atoms with Gasteiger partial charge in [-0.1, -0.05) is 59.2 Å². The standard InChI is InChI=1S/C24H21Cl2N3O2S/c1-2-30-19-13-11-17(12-14-19)29-23(15-31-18-7-4-3-5-8-18)27-28-24(29)32-16-20-21(25)9-6-10-22(20)26/h3-14H,2,15-16H2,1H3. The molecular weight excluding hydrogens is 465 g/mol. The van der Waals surface area contributed by atoms with Crippen LogP contribution < -0.4 is 9.47 Å². The average Bonchev–Trinajstić information content (AvgIpc) is 3.21. The summed E-state index contributed by atoms with van der Waals surface area (Å²) in [5.74, 6) is 2.83. The summed E-state index contributed by atoms with van der Waals surface area (Å²) >= 11 is 14.2. The van der Waals surface area contributed by atoms with Crippen LogP contribution in [0.5, 0.6) is 11.5 Å². The molecule has 1 aromatic heterocycles. The zero-order valence-corrected chi connectivity index (χ0v) is 19.7. The van der Waals surface area contributed by atoms with Gasteiger partial charge >= 0.3 is 0 Å². The number of hydrogen-bond acceptors (Lipinski definition) is 5. The Hall–Kier alpha value is -2.67. The maximum atomic E-state index is 6.35. The minimum absolute atomic E-state index is 0.275. The minimum Gasteiger partial charge on any atom is -0.494 e.